The molecule has 112 valence electrons. The van der Waals surface area contributed by atoms with E-state index in [2.05, 4.69) is 5.32 Å². The highest BCUT2D eigenvalue weighted by atomic mass is 35.5. The van der Waals surface area contributed by atoms with E-state index in [0.29, 0.717) is 17.3 Å². The van der Waals surface area contributed by atoms with E-state index >= 15 is 0 Å². The van der Waals surface area contributed by atoms with Crippen molar-refractivity contribution in [1.82, 2.24) is 0 Å². The van der Waals surface area contributed by atoms with E-state index in [1.165, 1.54) is 7.11 Å². The van der Waals surface area contributed by atoms with Crippen LogP contribution in [-0.2, 0) is 6.54 Å². The predicted octanol–water partition coefficient (Wildman–Crippen LogP) is 3.73. The molecule has 5 heteroatoms. The molecule has 2 rings (SSSR count). The normalized spacial score (nSPS) is 10.3. The van der Waals surface area contributed by atoms with Crippen LogP contribution in [0.4, 0.5) is 11.4 Å². The zero-order valence-corrected chi connectivity index (χ0v) is 13.1. The molecule has 4 nitrogen and oxygen atoms in total. The Morgan fingerprint density at radius 1 is 1.19 bits per heavy atom. The van der Waals surface area contributed by atoms with Gasteiger partial charge in [-0.25, -0.2) is 0 Å². The third kappa shape index (κ3) is 3.73. The Morgan fingerprint density at radius 2 is 1.95 bits per heavy atom. The smallest absolute Gasteiger partial charge is 0.160 e. The molecule has 2 aromatic rings. The molecule has 0 radical (unpaired) electrons. The van der Waals surface area contributed by atoms with Gasteiger partial charge in [0.1, 0.15) is 0 Å². The van der Waals surface area contributed by atoms with Gasteiger partial charge in [0.2, 0.25) is 0 Å². The standard InChI is InChI=1S/C16H19ClN2O2/c1-19(2)14-6-5-12(9-13(14)17)18-10-11-4-7-16(21-3)15(20)8-11/h4-9,18,20H,10H2,1-3H3. The second kappa shape index (κ2) is 6.59. The van der Waals surface area contributed by atoms with Gasteiger partial charge in [0.25, 0.3) is 0 Å². The van der Waals surface area contributed by atoms with Crippen LogP contribution < -0.4 is 15.0 Å². The van der Waals surface area contributed by atoms with E-state index in [-0.39, 0.29) is 5.75 Å². The van der Waals surface area contributed by atoms with E-state index in [1.54, 1.807) is 12.1 Å². The van der Waals surface area contributed by atoms with Crippen molar-refractivity contribution in [3.8, 4) is 11.5 Å². The Labute approximate surface area is 129 Å². The van der Waals surface area contributed by atoms with Gasteiger partial charge in [-0.3, -0.25) is 0 Å². The summed E-state index contributed by atoms with van der Waals surface area (Å²) in [6.45, 7) is 0.592. The number of rotatable bonds is 5. The minimum Gasteiger partial charge on any atom is -0.504 e. The molecule has 0 aromatic heterocycles. The van der Waals surface area contributed by atoms with Gasteiger partial charge in [0, 0.05) is 26.3 Å². The average Bonchev–Trinajstić information content (AvgIpc) is 2.45. The second-order valence-electron chi connectivity index (χ2n) is 4.92. The molecule has 0 amide bonds. The summed E-state index contributed by atoms with van der Waals surface area (Å²) >= 11 is 6.23. The van der Waals surface area contributed by atoms with Crippen LogP contribution >= 0.6 is 11.6 Å². The number of ether oxygens (including phenoxy) is 1. The fourth-order valence-corrected chi connectivity index (χ4v) is 2.38. The average molecular weight is 307 g/mol. The SMILES string of the molecule is COc1ccc(CNc2ccc(N(C)C)c(Cl)c2)cc1O. The van der Waals surface area contributed by atoms with Crippen LogP contribution in [0, 0.1) is 0 Å². The van der Waals surface area contributed by atoms with E-state index in [9.17, 15) is 5.11 Å². The Hall–Kier alpha value is -2.07. The summed E-state index contributed by atoms with van der Waals surface area (Å²) in [5, 5.41) is 13.7. The third-order valence-electron chi connectivity index (χ3n) is 3.17. The summed E-state index contributed by atoms with van der Waals surface area (Å²) in [4.78, 5) is 1.97. The minimum atomic E-state index is 0.137. The second-order valence-corrected chi connectivity index (χ2v) is 5.33. The number of phenolic OH excluding ortho intramolecular Hbond substituents is 1. The number of phenols is 1. The summed E-state index contributed by atoms with van der Waals surface area (Å²) in [6, 6.07) is 11.2. The number of nitrogens with one attached hydrogen (secondary N) is 1. The van der Waals surface area contributed by atoms with Crippen LogP contribution in [0.25, 0.3) is 0 Å². The molecule has 2 N–H and O–H groups in total. The molecule has 0 aliphatic carbocycles. The van der Waals surface area contributed by atoms with E-state index in [4.69, 9.17) is 16.3 Å². The van der Waals surface area contributed by atoms with Crippen molar-refractivity contribution in [2.24, 2.45) is 0 Å². The lowest BCUT2D eigenvalue weighted by Crippen LogP contribution is -2.09. The van der Waals surface area contributed by atoms with Crippen LogP contribution in [0.5, 0.6) is 11.5 Å². The van der Waals surface area contributed by atoms with Crippen molar-refractivity contribution in [1.29, 1.82) is 0 Å². The van der Waals surface area contributed by atoms with E-state index < -0.39 is 0 Å². The van der Waals surface area contributed by atoms with Crippen molar-refractivity contribution in [3.05, 3.63) is 47.0 Å². The maximum absolute atomic E-state index is 9.75. The van der Waals surface area contributed by atoms with Crippen LogP contribution in [0.15, 0.2) is 36.4 Å². The van der Waals surface area contributed by atoms with Crippen LogP contribution in [-0.4, -0.2) is 26.3 Å². The fraction of sp³-hybridized carbons (Fsp3) is 0.250. The van der Waals surface area contributed by atoms with Crippen molar-refractivity contribution in [3.63, 3.8) is 0 Å². The van der Waals surface area contributed by atoms with Crippen molar-refractivity contribution >= 4 is 23.0 Å². The first-order valence-electron chi connectivity index (χ1n) is 6.58. The first-order valence-corrected chi connectivity index (χ1v) is 6.95. The molecule has 0 heterocycles. The number of methoxy groups -OCH3 is 1. The molecule has 2 aromatic carbocycles. The molecule has 0 fully saturated rings. The highest BCUT2D eigenvalue weighted by molar-refractivity contribution is 6.33. The highest BCUT2D eigenvalue weighted by Gasteiger charge is 2.05. The summed E-state index contributed by atoms with van der Waals surface area (Å²) in [6.07, 6.45) is 0. The number of aromatic hydroxyl groups is 1. The van der Waals surface area contributed by atoms with Crippen LogP contribution in [0.3, 0.4) is 0 Å². The monoisotopic (exact) mass is 306 g/mol. The Kier molecular flexibility index (Phi) is 4.81. The molecule has 0 atom stereocenters. The van der Waals surface area contributed by atoms with Gasteiger partial charge < -0.3 is 20.1 Å². The largest absolute Gasteiger partial charge is 0.504 e. The summed E-state index contributed by atoms with van der Waals surface area (Å²) in [5.74, 6) is 0.606. The summed E-state index contributed by atoms with van der Waals surface area (Å²) < 4.78 is 5.02. The zero-order chi connectivity index (χ0) is 15.4. The summed E-state index contributed by atoms with van der Waals surface area (Å²) in [7, 11) is 5.43. The number of benzene rings is 2. The number of halogens is 1. The molecular weight excluding hydrogens is 288 g/mol. The lowest BCUT2D eigenvalue weighted by atomic mass is 10.2. The number of nitrogens with zero attached hydrogens (tertiary/aromatic N) is 1. The van der Waals surface area contributed by atoms with Gasteiger partial charge in [-0.05, 0) is 35.9 Å². The molecule has 0 spiro atoms. The fourth-order valence-electron chi connectivity index (χ4n) is 2.03. The number of hydrogen-bond acceptors (Lipinski definition) is 4. The van der Waals surface area contributed by atoms with E-state index in [0.717, 1.165) is 16.9 Å². The minimum absolute atomic E-state index is 0.137. The molecule has 0 aliphatic rings. The maximum atomic E-state index is 9.75. The van der Waals surface area contributed by atoms with Gasteiger partial charge in [0.15, 0.2) is 11.5 Å². The van der Waals surface area contributed by atoms with Crippen LogP contribution in [0.1, 0.15) is 5.56 Å². The molecule has 0 unspecified atom stereocenters. The Bertz CT molecular complexity index is 630. The first kappa shape index (κ1) is 15.3. The summed E-state index contributed by atoms with van der Waals surface area (Å²) in [5.41, 5.74) is 2.87. The molecule has 0 bridgehead atoms. The Morgan fingerprint density at radius 3 is 2.52 bits per heavy atom. The Balaban J connectivity index is 2.06. The topological polar surface area (TPSA) is 44.7 Å². The predicted molar refractivity (Wildman–Crippen MR) is 87.8 cm³/mol. The van der Waals surface area contributed by atoms with Gasteiger partial charge in [0.05, 0.1) is 17.8 Å². The van der Waals surface area contributed by atoms with E-state index in [1.807, 2.05) is 43.3 Å². The van der Waals surface area contributed by atoms with Gasteiger partial charge in [-0.2, -0.15) is 0 Å². The lowest BCUT2D eigenvalue weighted by molar-refractivity contribution is 0.373. The van der Waals surface area contributed by atoms with Crippen molar-refractivity contribution < 1.29 is 9.84 Å². The van der Waals surface area contributed by atoms with Gasteiger partial charge in [-0.1, -0.05) is 17.7 Å². The third-order valence-corrected chi connectivity index (χ3v) is 3.47. The maximum Gasteiger partial charge on any atom is 0.160 e. The molecular formula is C16H19ClN2O2. The number of hydrogen-bond donors (Lipinski definition) is 2. The van der Waals surface area contributed by atoms with Gasteiger partial charge >= 0.3 is 0 Å². The highest BCUT2D eigenvalue weighted by Crippen LogP contribution is 2.29. The first-order chi connectivity index (χ1) is 10.0. The molecule has 21 heavy (non-hydrogen) atoms. The molecule has 0 saturated heterocycles. The molecule has 0 aliphatic heterocycles. The van der Waals surface area contributed by atoms with Crippen molar-refractivity contribution in [2.75, 3.05) is 31.4 Å². The van der Waals surface area contributed by atoms with Crippen molar-refractivity contribution in [2.45, 2.75) is 6.54 Å². The number of anilines is 2. The van der Waals surface area contributed by atoms with Gasteiger partial charge in [-0.15, -0.1) is 0 Å². The lowest BCUT2D eigenvalue weighted by Gasteiger charge is -2.16. The zero-order valence-electron chi connectivity index (χ0n) is 12.4. The quantitative estimate of drug-likeness (QED) is 0.883. The van der Waals surface area contributed by atoms with Crippen LogP contribution in [0.2, 0.25) is 5.02 Å². The molecule has 0 saturated carbocycles.